The highest BCUT2D eigenvalue weighted by atomic mass is 35.5. The minimum Gasteiger partial charge on any atom is -0.369 e. The number of nitrogens with zero attached hydrogens (tertiary/aromatic N) is 2. The molecule has 0 saturated carbocycles. The van der Waals surface area contributed by atoms with Gasteiger partial charge in [-0.1, -0.05) is 24.6 Å². The van der Waals surface area contributed by atoms with Gasteiger partial charge < -0.3 is 15.5 Å². The second-order valence-corrected chi connectivity index (χ2v) is 5.81. The van der Waals surface area contributed by atoms with E-state index in [4.69, 9.17) is 17.3 Å². The smallest absolute Gasteiger partial charge is 0.0459 e. The van der Waals surface area contributed by atoms with Crippen molar-refractivity contribution in [3.8, 4) is 0 Å². The van der Waals surface area contributed by atoms with Crippen LogP contribution in [0.1, 0.15) is 18.9 Å². The Bertz CT molecular complexity index is 414. The molecule has 0 aliphatic carbocycles. The normalized spacial score (nSPS) is 18.6. The molecule has 2 rings (SSSR count). The summed E-state index contributed by atoms with van der Waals surface area (Å²) in [5, 5.41) is 0.848. The molecule has 1 unspecified atom stereocenters. The molecule has 0 spiro atoms. The lowest BCUT2D eigenvalue weighted by atomic mass is 10.0. The zero-order valence-electron chi connectivity index (χ0n) is 11.9. The molecular weight excluding hydrogens is 258 g/mol. The summed E-state index contributed by atoms with van der Waals surface area (Å²) in [6.45, 7) is 6.45. The molecule has 4 heteroatoms. The predicted molar refractivity (Wildman–Crippen MR) is 83.1 cm³/mol. The van der Waals surface area contributed by atoms with Gasteiger partial charge in [-0.2, -0.15) is 0 Å². The van der Waals surface area contributed by atoms with Gasteiger partial charge in [-0.25, -0.2) is 0 Å². The van der Waals surface area contributed by atoms with Crippen LogP contribution in [0.3, 0.4) is 0 Å². The Labute approximate surface area is 121 Å². The summed E-state index contributed by atoms with van der Waals surface area (Å²) >= 11 is 6.39. The highest BCUT2D eigenvalue weighted by Gasteiger charge is 2.19. The summed E-state index contributed by atoms with van der Waals surface area (Å²) in [7, 11) is 2.17. The first kappa shape index (κ1) is 14.6. The van der Waals surface area contributed by atoms with E-state index in [1.807, 2.05) is 12.1 Å². The lowest BCUT2D eigenvalue weighted by Gasteiger charge is -2.35. The molecule has 0 aromatic heterocycles. The summed E-state index contributed by atoms with van der Waals surface area (Å²) in [5.74, 6) is 0. The molecule has 1 aliphatic rings. The molecule has 19 heavy (non-hydrogen) atoms. The van der Waals surface area contributed by atoms with Crippen molar-refractivity contribution in [2.75, 3.05) is 38.1 Å². The number of hydrogen-bond acceptors (Lipinski definition) is 3. The second kappa shape index (κ2) is 6.60. The van der Waals surface area contributed by atoms with Gasteiger partial charge >= 0.3 is 0 Å². The molecule has 106 valence electrons. The summed E-state index contributed by atoms with van der Waals surface area (Å²) in [6, 6.07) is 6.37. The minimum atomic E-state index is 0.186. The van der Waals surface area contributed by atoms with Crippen LogP contribution in [0.15, 0.2) is 18.2 Å². The van der Waals surface area contributed by atoms with Crippen molar-refractivity contribution < 1.29 is 0 Å². The van der Waals surface area contributed by atoms with Gasteiger partial charge in [-0.05, 0) is 37.6 Å². The number of hydrogen-bond donors (Lipinski definition) is 1. The van der Waals surface area contributed by atoms with Crippen LogP contribution in [0, 0.1) is 0 Å². The first-order chi connectivity index (χ1) is 9.11. The van der Waals surface area contributed by atoms with Crippen LogP contribution in [0.5, 0.6) is 0 Å². The lowest BCUT2D eigenvalue weighted by Crippen LogP contribution is -2.45. The average molecular weight is 282 g/mol. The van der Waals surface area contributed by atoms with E-state index in [1.165, 1.54) is 11.3 Å². The Morgan fingerprint density at radius 2 is 1.95 bits per heavy atom. The van der Waals surface area contributed by atoms with Gasteiger partial charge in [0.2, 0.25) is 0 Å². The zero-order chi connectivity index (χ0) is 13.8. The lowest BCUT2D eigenvalue weighted by molar-refractivity contribution is 0.312. The third-order valence-electron chi connectivity index (χ3n) is 3.93. The average Bonchev–Trinajstić information content (AvgIpc) is 2.42. The van der Waals surface area contributed by atoms with Crippen molar-refractivity contribution in [2.24, 2.45) is 5.73 Å². The Balaban J connectivity index is 2.21. The molecule has 1 atom stereocenters. The molecule has 1 saturated heterocycles. The molecule has 2 N–H and O–H groups in total. The largest absolute Gasteiger partial charge is 0.369 e. The molecule has 1 aliphatic heterocycles. The molecule has 0 bridgehead atoms. The summed E-state index contributed by atoms with van der Waals surface area (Å²) < 4.78 is 0. The van der Waals surface area contributed by atoms with E-state index >= 15 is 0 Å². The summed E-state index contributed by atoms with van der Waals surface area (Å²) in [4.78, 5) is 4.79. The van der Waals surface area contributed by atoms with Crippen LogP contribution >= 0.6 is 11.6 Å². The Hall–Kier alpha value is -0.770. The molecule has 0 amide bonds. The fraction of sp³-hybridized carbons (Fsp3) is 0.600. The van der Waals surface area contributed by atoms with E-state index in [2.05, 4.69) is 29.8 Å². The number of nitrogens with two attached hydrogens (primary N) is 1. The van der Waals surface area contributed by atoms with E-state index in [-0.39, 0.29) is 6.04 Å². The highest BCUT2D eigenvalue weighted by Crippen LogP contribution is 2.29. The van der Waals surface area contributed by atoms with Crippen LogP contribution in [-0.4, -0.2) is 44.2 Å². The fourth-order valence-corrected chi connectivity index (χ4v) is 2.75. The van der Waals surface area contributed by atoms with Crippen molar-refractivity contribution in [1.82, 2.24) is 4.90 Å². The van der Waals surface area contributed by atoms with Crippen molar-refractivity contribution in [1.29, 1.82) is 0 Å². The van der Waals surface area contributed by atoms with Crippen LogP contribution in [0.25, 0.3) is 0 Å². The monoisotopic (exact) mass is 281 g/mol. The van der Waals surface area contributed by atoms with Gasteiger partial charge in [0.25, 0.3) is 0 Å². The van der Waals surface area contributed by atoms with Crippen LogP contribution in [0.4, 0.5) is 5.69 Å². The number of halogens is 1. The third kappa shape index (κ3) is 3.62. The zero-order valence-corrected chi connectivity index (χ0v) is 12.7. The van der Waals surface area contributed by atoms with Gasteiger partial charge in [0.05, 0.1) is 0 Å². The van der Waals surface area contributed by atoms with Gasteiger partial charge in [0.1, 0.15) is 0 Å². The predicted octanol–water partition coefficient (Wildman–Crippen LogP) is 2.37. The highest BCUT2D eigenvalue weighted by molar-refractivity contribution is 6.31. The number of benzene rings is 1. The van der Waals surface area contributed by atoms with Crippen molar-refractivity contribution in [2.45, 2.75) is 25.8 Å². The second-order valence-electron chi connectivity index (χ2n) is 5.40. The van der Waals surface area contributed by atoms with E-state index in [0.717, 1.165) is 44.0 Å². The van der Waals surface area contributed by atoms with Crippen LogP contribution in [0.2, 0.25) is 5.02 Å². The van der Waals surface area contributed by atoms with Gasteiger partial charge in [0.15, 0.2) is 0 Å². The number of piperazine rings is 1. The first-order valence-electron chi connectivity index (χ1n) is 7.08. The molecule has 1 fully saturated rings. The van der Waals surface area contributed by atoms with Crippen LogP contribution in [-0.2, 0) is 6.42 Å². The quantitative estimate of drug-likeness (QED) is 0.920. The Morgan fingerprint density at radius 1 is 1.26 bits per heavy atom. The van der Waals surface area contributed by atoms with Gasteiger partial charge in [0, 0.05) is 42.9 Å². The van der Waals surface area contributed by atoms with Crippen molar-refractivity contribution >= 4 is 17.3 Å². The van der Waals surface area contributed by atoms with E-state index in [1.54, 1.807) is 0 Å². The SMILES string of the molecule is CCC(N)Cc1c(Cl)cccc1N1CCN(C)CC1. The number of anilines is 1. The molecule has 1 heterocycles. The van der Waals surface area contributed by atoms with Crippen LogP contribution < -0.4 is 10.6 Å². The van der Waals surface area contributed by atoms with E-state index in [9.17, 15) is 0 Å². The van der Waals surface area contributed by atoms with E-state index in [0.29, 0.717) is 0 Å². The molecule has 1 aromatic rings. The molecule has 0 radical (unpaired) electrons. The topological polar surface area (TPSA) is 32.5 Å². The fourth-order valence-electron chi connectivity index (χ4n) is 2.50. The molecule has 1 aromatic carbocycles. The number of rotatable bonds is 4. The van der Waals surface area contributed by atoms with Gasteiger partial charge in [-0.15, -0.1) is 0 Å². The maximum atomic E-state index is 6.39. The van der Waals surface area contributed by atoms with Gasteiger partial charge in [-0.3, -0.25) is 0 Å². The van der Waals surface area contributed by atoms with Crippen molar-refractivity contribution in [3.63, 3.8) is 0 Å². The van der Waals surface area contributed by atoms with E-state index < -0.39 is 0 Å². The molecule has 3 nitrogen and oxygen atoms in total. The molecular formula is C15H24ClN3. The Kier molecular flexibility index (Phi) is 5.08. The Morgan fingerprint density at radius 3 is 2.58 bits per heavy atom. The third-order valence-corrected chi connectivity index (χ3v) is 4.28. The maximum absolute atomic E-state index is 6.39. The van der Waals surface area contributed by atoms with Crippen molar-refractivity contribution in [3.05, 3.63) is 28.8 Å². The summed E-state index contributed by atoms with van der Waals surface area (Å²) in [6.07, 6.45) is 1.84. The number of likely N-dealkylation sites (N-methyl/N-ethyl adjacent to an activating group) is 1. The standard InChI is InChI=1S/C15H24ClN3/c1-3-12(17)11-13-14(16)5-4-6-15(13)19-9-7-18(2)8-10-19/h4-6,12H,3,7-11,17H2,1-2H3. The minimum absolute atomic E-state index is 0.186. The maximum Gasteiger partial charge on any atom is 0.0459 e. The summed E-state index contributed by atoms with van der Waals surface area (Å²) in [5.41, 5.74) is 8.59. The first-order valence-corrected chi connectivity index (χ1v) is 7.46.